The van der Waals surface area contributed by atoms with Crippen LogP contribution in [0.5, 0.6) is 11.5 Å². The second-order valence-corrected chi connectivity index (χ2v) is 13.4. The third-order valence-electron chi connectivity index (χ3n) is 8.92. The lowest BCUT2D eigenvalue weighted by Gasteiger charge is -2.31. The first-order valence-corrected chi connectivity index (χ1v) is 18.3. The number of nitro groups is 1. The van der Waals surface area contributed by atoms with Crippen LogP contribution in [0.2, 0.25) is 0 Å². The van der Waals surface area contributed by atoms with Crippen LogP contribution in [0, 0.1) is 10.1 Å². The summed E-state index contributed by atoms with van der Waals surface area (Å²) in [6.45, 7) is 6.17. The topological polar surface area (TPSA) is 143 Å². The minimum atomic E-state index is -3.72. The normalized spacial score (nSPS) is 18.6. The van der Waals surface area contributed by atoms with Gasteiger partial charge in [-0.2, -0.15) is 8.42 Å². The Bertz CT molecular complexity index is 1420. The molecule has 0 radical (unpaired) electrons. The summed E-state index contributed by atoms with van der Waals surface area (Å²) in [4.78, 5) is 10.6. The highest BCUT2D eigenvalue weighted by atomic mass is 32.2. The number of nitro benzene ring substituents is 1. The molecule has 0 heterocycles. The predicted octanol–water partition coefficient (Wildman–Crippen LogP) is 7.38. The standard InChI is InChI=1S/C30H36N2O4.C6H13NO3S/c1-3-35-28-17-9-24(10-18-28)30(25-11-19-29(20-12-25)36-4-2)21-31-26-13-5-22(6-14-26)23-7-15-27(16-8-23)32(33)34;7-11(8,9)10-6-4-2-1-3-5-6/h7-12,15-20,22,26,30-31H,3-6,13-14,21H2,1-2H3;6H,1-5H2,(H2,7,8,9). The number of nitrogens with one attached hydrogen (secondary N) is 1. The van der Waals surface area contributed by atoms with Crippen molar-refractivity contribution in [1.29, 1.82) is 0 Å². The zero-order valence-electron chi connectivity index (χ0n) is 27.5. The lowest BCUT2D eigenvalue weighted by atomic mass is 9.81. The van der Waals surface area contributed by atoms with E-state index in [-0.39, 0.29) is 22.6 Å². The van der Waals surface area contributed by atoms with Gasteiger partial charge in [-0.05, 0) is 99.2 Å². The summed E-state index contributed by atoms with van der Waals surface area (Å²) in [6, 6.07) is 24.4. The number of nitrogens with zero attached hydrogens (tertiary/aromatic N) is 1. The van der Waals surface area contributed by atoms with Crippen LogP contribution in [0.25, 0.3) is 0 Å². The van der Waals surface area contributed by atoms with Crippen molar-refractivity contribution < 1.29 is 27.0 Å². The molecule has 0 saturated heterocycles. The summed E-state index contributed by atoms with van der Waals surface area (Å²) in [5.41, 5.74) is 3.88. The summed E-state index contributed by atoms with van der Waals surface area (Å²) >= 11 is 0. The van der Waals surface area contributed by atoms with E-state index in [1.165, 1.54) is 23.1 Å². The molecular formula is C36H49N3O7S. The first-order chi connectivity index (χ1) is 22.6. The van der Waals surface area contributed by atoms with Crippen molar-refractivity contribution >= 4 is 16.0 Å². The molecule has 5 rings (SSSR count). The number of hydrogen-bond donors (Lipinski definition) is 2. The van der Waals surface area contributed by atoms with Gasteiger partial charge in [-0.15, -0.1) is 0 Å². The Kier molecular flexibility index (Phi) is 14.0. The van der Waals surface area contributed by atoms with E-state index in [9.17, 15) is 18.5 Å². The molecule has 3 aromatic rings. The highest BCUT2D eigenvalue weighted by Crippen LogP contribution is 2.34. The molecule has 0 amide bonds. The fraction of sp³-hybridized carbons (Fsp3) is 0.500. The van der Waals surface area contributed by atoms with E-state index in [0.29, 0.717) is 25.2 Å². The molecule has 2 aliphatic rings. The van der Waals surface area contributed by atoms with Crippen LogP contribution in [0.3, 0.4) is 0 Å². The van der Waals surface area contributed by atoms with Crippen molar-refractivity contribution in [2.45, 2.75) is 95.6 Å². The van der Waals surface area contributed by atoms with Gasteiger partial charge in [0.05, 0.1) is 24.2 Å². The largest absolute Gasteiger partial charge is 0.494 e. The fourth-order valence-corrected chi connectivity index (χ4v) is 7.06. The van der Waals surface area contributed by atoms with Crippen molar-refractivity contribution in [3.63, 3.8) is 0 Å². The maximum atomic E-state index is 10.9. The molecule has 0 bridgehead atoms. The number of non-ortho nitro benzene ring substituents is 1. The molecule has 0 aliphatic heterocycles. The molecule has 0 atom stereocenters. The number of rotatable bonds is 13. The minimum absolute atomic E-state index is 0.156. The Morgan fingerprint density at radius 3 is 1.74 bits per heavy atom. The highest BCUT2D eigenvalue weighted by molar-refractivity contribution is 7.84. The van der Waals surface area contributed by atoms with Crippen molar-refractivity contribution in [2.24, 2.45) is 5.14 Å². The molecular weight excluding hydrogens is 618 g/mol. The molecule has 11 heteroatoms. The SMILES string of the molecule is CCOc1ccc(C(CNC2CCC(c3ccc([N+](=O)[O-])cc3)CC2)c2ccc(OCC)cc2)cc1.NS(=O)(=O)OC1CCCCC1. The average molecular weight is 668 g/mol. The van der Waals surface area contributed by atoms with Crippen LogP contribution in [0.15, 0.2) is 72.8 Å². The minimum Gasteiger partial charge on any atom is -0.494 e. The van der Waals surface area contributed by atoms with Crippen molar-refractivity contribution in [1.82, 2.24) is 5.32 Å². The van der Waals surface area contributed by atoms with Gasteiger partial charge < -0.3 is 14.8 Å². The molecule has 10 nitrogen and oxygen atoms in total. The van der Waals surface area contributed by atoms with Gasteiger partial charge in [0.25, 0.3) is 5.69 Å². The van der Waals surface area contributed by atoms with Gasteiger partial charge in [-0.25, -0.2) is 5.14 Å². The number of nitrogens with two attached hydrogens (primary N) is 1. The van der Waals surface area contributed by atoms with Gasteiger partial charge in [0.15, 0.2) is 0 Å². The lowest BCUT2D eigenvalue weighted by molar-refractivity contribution is -0.384. The van der Waals surface area contributed by atoms with Crippen molar-refractivity contribution in [3.8, 4) is 11.5 Å². The Labute approximate surface area is 279 Å². The molecule has 2 fully saturated rings. The van der Waals surface area contributed by atoms with Gasteiger partial charge in [0.1, 0.15) is 11.5 Å². The molecule has 256 valence electrons. The van der Waals surface area contributed by atoms with Crippen LogP contribution >= 0.6 is 0 Å². The molecule has 3 aromatic carbocycles. The maximum Gasteiger partial charge on any atom is 0.333 e. The highest BCUT2D eigenvalue weighted by Gasteiger charge is 2.24. The Morgan fingerprint density at radius 2 is 1.30 bits per heavy atom. The first-order valence-electron chi connectivity index (χ1n) is 16.8. The van der Waals surface area contributed by atoms with Gasteiger partial charge in [-0.1, -0.05) is 55.7 Å². The second kappa shape index (κ2) is 18.1. The quantitative estimate of drug-likeness (QED) is 0.142. The van der Waals surface area contributed by atoms with Crippen LogP contribution < -0.4 is 19.9 Å². The Hall–Kier alpha value is -3.51. The van der Waals surface area contributed by atoms with Crippen LogP contribution in [0.4, 0.5) is 5.69 Å². The summed E-state index contributed by atoms with van der Waals surface area (Å²) < 4.78 is 36.8. The van der Waals surface area contributed by atoms with Crippen molar-refractivity contribution in [3.05, 3.63) is 99.6 Å². The second-order valence-electron chi connectivity index (χ2n) is 12.2. The van der Waals surface area contributed by atoms with Gasteiger partial charge in [0, 0.05) is 30.6 Å². The first kappa shape index (κ1) is 36.3. The summed E-state index contributed by atoms with van der Waals surface area (Å²) in [5.74, 6) is 2.48. The van der Waals surface area contributed by atoms with Crippen LogP contribution in [-0.2, 0) is 14.5 Å². The van der Waals surface area contributed by atoms with Crippen LogP contribution in [0.1, 0.15) is 100 Å². The number of hydrogen-bond acceptors (Lipinski definition) is 8. The summed E-state index contributed by atoms with van der Waals surface area (Å²) in [6.07, 6.45) is 9.09. The Balaban J connectivity index is 0.000000385. The van der Waals surface area contributed by atoms with E-state index in [1.54, 1.807) is 12.1 Å². The lowest BCUT2D eigenvalue weighted by Crippen LogP contribution is -2.35. The molecule has 0 aromatic heterocycles. The van der Waals surface area contributed by atoms with E-state index >= 15 is 0 Å². The third kappa shape index (κ3) is 11.9. The predicted molar refractivity (Wildman–Crippen MR) is 184 cm³/mol. The van der Waals surface area contributed by atoms with Crippen LogP contribution in [-0.4, -0.2) is 45.2 Å². The molecule has 3 N–H and O–H groups in total. The molecule has 47 heavy (non-hydrogen) atoms. The van der Waals surface area contributed by atoms with E-state index in [4.69, 9.17) is 14.6 Å². The smallest absolute Gasteiger partial charge is 0.333 e. The maximum absolute atomic E-state index is 10.9. The molecule has 0 spiro atoms. The third-order valence-corrected chi connectivity index (χ3v) is 9.46. The fourth-order valence-electron chi connectivity index (χ4n) is 6.49. The van der Waals surface area contributed by atoms with Gasteiger partial charge in [-0.3, -0.25) is 14.3 Å². The summed E-state index contributed by atoms with van der Waals surface area (Å²) in [7, 11) is -3.72. The average Bonchev–Trinajstić information content (AvgIpc) is 3.07. The molecule has 2 saturated carbocycles. The number of benzene rings is 3. The zero-order valence-corrected chi connectivity index (χ0v) is 28.3. The molecule has 2 aliphatic carbocycles. The van der Waals surface area contributed by atoms with E-state index in [2.05, 4.69) is 58.0 Å². The van der Waals surface area contributed by atoms with E-state index < -0.39 is 10.3 Å². The Morgan fingerprint density at radius 1 is 0.787 bits per heavy atom. The number of ether oxygens (including phenoxy) is 2. The van der Waals surface area contributed by atoms with Gasteiger partial charge in [0.2, 0.25) is 0 Å². The zero-order chi connectivity index (χ0) is 33.6. The van der Waals surface area contributed by atoms with E-state index in [1.807, 2.05) is 26.0 Å². The monoisotopic (exact) mass is 667 g/mol. The molecule has 0 unspecified atom stereocenters. The van der Waals surface area contributed by atoms with Crippen molar-refractivity contribution in [2.75, 3.05) is 19.8 Å². The van der Waals surface area contributed by atoms with E-state index in [0.717, 1.165) is 69.4 Å². The summed E-state index contributed by atoms with van der Waals surface area (Å²) in [5, 5.41) is 19.5. The van der Waals surface area contributed by atoms with Gasteiger partial charge >= 0.3 is 10.3 Å².